The van der Waals surface area contributed by atoms with E-state index >= 15 is 0 Å². The molecule has 5 rings (SSSR count). The first-order chi connectivity index (χ1) is 9.92. The van der Waals surface area contributed by atoms with Crippen molar-refractivity contribution in [1.82, 2.24) is 4.98 Å². The monoisotopic (exact) mass is 256 g/mol. The van der Waals surface area contributed by atoms with Crippen LogP contribution < -0.4 is 0 Å². The lowest BCUT2D eigenvalue weighted by Crippen LogP contribution is -1.69. The zero-order valence-corrected chi connectivity index (χ0v) is 10.6. The number of benzene rings is 3. The predicted octanol–water partition coefficient (Wildman–Crippen LogP) is 5.02. The first-order valence-corrected chi connectivity index (χ1v) is 6.64. The average molecular weight is 256 g/mol. The normalized spacial score (nSPS) is 12.0. The molecule has 2 aromatic heterocycles. The quantitative estimate of drug-likeness (QED) is 0.414. The summed E-state index contributed by atoms with van der Waals surface area (Å²) in [6.07, 6.45) is 0. The second kappa shape index (κ2) is 3.42. The van der Waals surface area contributed by atoms with Crippen LogP contribution in [0.3, 0.4) is 0 Å². The van der Waals surface area contributed by atoms with Crippen LogP contribution in [0.2, 0.25) is 0 Å². The standard InChI is InChI=1S/C18H10NO/c1-3-7-14-13(6-1)17-15(19-14)10-9-12-11-5-2-4-8-16(11)20-18(12)17/h1-5,7-10,19H. The molecule has 0 atom stereocenters. The lowest BCUT2D eigenvalue weighted by molar-refractivity contribution is 0.673. The highest BCUT2D eigenvalue weighted by atomic mass is 16.3. The number of hydrogen-bond donors (Lipinski definition) is 1. The molecule has 2 nitrogen and oxygen atoms in total. The van der Waals surface area contributed by atoms with Gasteiger partial charge in [-0.25, -0.2) is 0 Å². The van der Waals surface area contributed by atoms with E-state index in [1.165, 1.54) is 0 Å². The predicted molar refractivity (Wildman–Crippen MR) is 81.9 cm³/mol. The highest BCUT2D eigenvalue weighted by Crippen LogP contribution is 2.37. The van der Waals surface area contributed by atoms with E-state index in [2.05, 4.69) is 35.3 Å². The summed E-state index contributed by atoms with van der Waals surface area (Å²) in [6, 6.07) is 21.7. The fraction of sp³-hybridized carbons (Fsp3) is 0. The van der Waals surface area contributed by atoms with Crippen LogP contribution in [0.1, 0.15) is 0 Å². The summed E-state index contributed by atoms with van der Waals surface area (Å²) in [7, 11) is 0. The molecule has 3 aromatic carbocycles. The van der Waals surface area contributed by atoms with Crippen LogP contribution in [0.4, 0.5) is 0 Å². The van der Waals surface area contributed by atoms with E-state index in [-0.39, 0.29) is 0 Å². The van der Waals surface area contributed by atoms with Gasteiger partial charge in [-0.15, -0.1) is 0 Å². The lowest BCUT2D eigenvalue weighted by atomic mass is 10.1. The van der Waals surface area contributed by atoms with E-state index in [4.69, 9.17) is 4.42 Å². The molecule has 0 amide bonds. The van der Waals surface area contributed by atoms with Crippen molar-refractivity contribution in [3.05, 3.63) is 60.7 Å². The number of H-pyrrole nitrogens is 1. The van der Waals surface area contributed by atoms with Gasteiger partial charge < -0.3 is 9.40 Å². The summed E-state index contributed by atoms with van der Waals surface area (Å²) < 4.78 is 6.09. The number of rotatable bonds is 0. The van der Waals surface area contributed by atoms with Gasteiger partial charge in [0, 0.05) is 21.7 Å². The molecular weight excluding hydrogens is 246 g/mol. The van der Waals surface area contributed by atoms with Crippen molar-refractivity contribution in [2.45, 2.75) is 0 Å². The SMILES string of the molecule is [c]1cccc2[nH]c3ccc4c5ccccc5oc4c3c12. The van der Waals surface area contributed by atoms with Gasteiger partial charge in [-0.1, -0.05) is 30.3 Å². The summed E-state index contributed by atoms with van der Waals surface area (Å²) in [5, 5.41) is 4.53. The minimum atomic E-state index is 0.931. The Morgan fingerprint density at radius 2 is 1.80 bits per heavy atom. The van der Waals surface area contributed by atoms with Gasteiger partial charge in [0.25, 0.3) is 0 Å². The van der Waals surface area contributed by atoms with Crippen LogP contribution in [0.5, 0.6) is 0 Å². The maximum Gasteiger partial charge on any atom is 0.145 e. The van der Waals surface area contributed by atoms with Crippen LogP contribution in [0.15, 0.2) is 59.0 Å². The Kier molecular flexibility index (Phi) is 1.73. The molecule has 0 spiro atoms. The number of aromatic amines is 1. The average Bonchev–Trinajstić information content (AvgIpc) is 3.04. The van der Waals surface area contributed by atoms with E-state index in [0.717, 1.165) is 43.7 Å². The van der Waals surface area contributed by atoms with Crippen molar-refractivity contribution in [2.75, 3.05) is 0 Å². The summed E-state index contributed by atoms with van der Waals surface area (Å²) >= 11 is 0. The second-order valence-corrected chi connectivity index (χ2v) is 5.05. The Morgan fingerprint density at radius 3 is 2.80 bits per heavy atom. The Labute approximate surface area is 114 Å². The molecule has 5 aromatic rings. The van der Waals surface area contributed by atoms with Crippen molar-refractivity contribution < 1.29 is 4.42 Å². The summed E-state index contributed by atoms with van der Waals surface area (Å²) in [5.41, 5.74) is 4.06. The van der Waals surface area contributed by atoms with Gasteiger partial charge in [0.05, 0.1) is 10.9 Å². The molecule has 0 unspecified atom stereocenters. The molecule has 0 bridgehead atoms. The maximum atomic E-state index is 6.09. The molecular formula is C18H10NO. The molecule has 0 aliphatic carbocycles. The third kappa shape index (κ3) is 1.14. The van der Waals surface area contributed by atoms with Crippen LogP contribution >= 0.6 is 0 Å². The van der Waals surface area contributed by atoms with E-state index in [9.17, 15) is 0 Å². The molecule has 1 radical (unpaired) electrons. The van der Waals surface area contributed by atoms with Gasteiger partial charge in [0.15, 0.2) is 0 Å². The van der Waals surface area contributed by atoms with Crippen molar-refractivity contribution in [3.63, 3.8) is 0 Å². The van der Waals surface area contributed by atoms with Gasteiger partial charge >= 0.3 is 0 Å². The summed E-state index contributed by atoms with van der Waals surface area (Å²) in [5.74, 6) is 0. The van der Waals surface area contributed by atoms with Gasteiger partial charge in [-0.2, -0.15) is 0 Å². The molecule has 0 aliphatic rings. The summed E-state index contributed by atoms with van der Waals surface area (Å²) in [6.45, 7) is 0. The Balaban J connectivity index is 2.14. The first kappa shape index (κ1) is 10.1. The van der Waals surface area contributed by atoms with Crippen molar-refractivity contribution in [2.24, 2.45) is 0 Å². The number of hydrogen-bond acceptors (Lipinski definition) is 1. The van der Waals surface area contributed by atoms with Crippen LogP contribution in [0, 0.1) is 6.07 Å². The van der Waals surface area contributed by atoms with Crippen molar-refractivity contribution in [1.29, 1.82) is 0 Å². The smallest absolute Gasteiger partial charge is 0.145 e. The molecule has 93 valence electrons. The van der Waals surface area contributed by atoms with E-state index < -0.39 is 0 Å². The van der Waals surface area contributed by atoms with Gasteiger partial charge in [-0.05, 0) is 30.3 Å². The highest BCUT2D eigenvalue weighted by Gasteiger charge is 2.13. The minimum absolute atomic E-state index is 0.931. The minimum Gasteiger partial charge on any atom is -0.455 e. The lowest BCUT2D eigenvalue weighted by Gasteiger charge is -1.92. The molecule has 2 heteroatoms. The molecule has 20 heavy (non-hydrogen) atoms. The van der Waals surface area contributed by atoms with E-state index in [1.54, 1.807) is 0 Å². The van der Waals surface area contributed by atoms with E-state index in [0.29, 0.717) is 0 Å². The second-order valence-electron chi connectivity index (χ2n) is 5.05. The topological polar surface area (TPSA) is 28.9 Å². The molecule has 1 N–H and O–H groups in total. The zero-order chi connectivity index (χ0) is 13.1. The Hall–Kier alpha value is -2.74. The fourth-order valence-electron chi connectivity index (χ4n) is 3.03. The number of nitrogens with one attached hydrogen (secondary N) is 1. The van der Waals surface area contributed by atoms with Crippen LogP contribution in [-0.4, -0.2) is 4.98 Å². The first-order valence-electron chi connectivity index (χ1n) is 6.64. The fourth-order valence-corrected chi connectivity index (χ4v) is 3.03. The third-order valence-corrected chi connectivity index (χ3v) is 3.92. The number of fused-ring (bicyclic) bond motifs is 7. The molecule has 0 aliphatic heterocycles. The highest BCUT2D eigenvalue weighted by molar-refractivity contribution is 6.22. The molecule has 0 saturated heterocycles. The Morgan fingerprint density at radius 1 is 0.850 bits per heavy atom. The number of para-hydroxylation sites is 1. The Bertz CT molecular complexity index is 1100. The molecule has 2 heterocycles. The molecule has 0 fully saturated rings. The largest absolute Gasteiger partial charge is 0.455 e. The van der Waals surface area contributed by atoms with Crippen molar-refractivity contribution >= 4 is 43.7 Å². The van der Waals surface area contributed by atoms with Gasteiger partial charge in [0.2, 0.25) is 0 Å². The molecule has 0 saturated carbocycles. The number of aromatic nitrogens is 1. The zero-order valence-electron chi connectivity index (χ0n) is 10.6. The van der Waals surface area contributed by atoms with E-state index in [1.807, 2.05) is 30.3 Å². The van der Waals surface area contributed by atoms with Gasteiger partial charge in [-0.3, -0.25) is 0 Å². The maximum absolute atomic E-state index is 6.09. The van der Waals surface area contributed by atoms with Crippen LogP contribution in [-0.2, 0) is 0 Å². The summed E-state index contributed by atoms with van der Waals surface area (Å²) in [4.78, 5) is 3.42. The number of furan rings is 1. The third-order valence-electron chi connectivity index (χ3n) is 3.92. The van der Waals surface area contributed by atoms with Crippen molar-refractivity contribution in [3.8, 4) is 0 Å². The van der Waals surface area contributed by atoms with Gasteiger partial charge in [0.1, 0.15) is 11.2 Å². The van der Waals surface area contributed by atoms with Crippen LogP contribution in [0.25, 0.3) is 43.7 Å².